The van der Waals surface area contributed by atoms with Gasteiger partial charge in [0.15, 0.2) is 0 Å². The van der Waals surface area contributed by atoms with Crippen molar-refractivity contribution in [3.63, 3.8) is 0 Å². The van der Waals surface area contributed by atoms with E-state index in [1.54, 1.807) is 0 Å². The van der Waals surface area contributed by atoms with Crippen LogP contribution in [-0.2, 0) is 6.42 Å². The van der Waals surface area contributed by atoms with Gasteiger partial charge in [-0.05, 0) is 49.8 Å². The van der Waals surface area contributed by atoms with Crippen molar-refractivity contribution in [3.8, 4) is 0 Å². The van der Waals surface area contributed by atoms with Crippen LogP contribution in [0.2, 0.25) is 0 Å². The Morgan fingerprint density at radius 1 is 1.06 bits per heavy atom. The Kier molecular flexibility index (Phi) is 7.04. The molecule has 0 bridgehead atoms. The van der Waals surface area contributed by atoms with Gasteiger partial charge in [-0.25, -0.2) is 0 Å². The quantitative estimate of drug-likeness (QED) is 0.655. The van der Waals surface area contributed by atoms with Crippen molar-refractivity contribution in [1.82, 2.24) is 5.32 Å². The van der Waals surface area contributed by atoms with Crippen molar-refractivity contribution < 1.29 is 0 Å². The van der Waals surface area contributed by atoms with Crippen LogP contribution in [0.4, 0.5) is 0 Å². The van der Waals surface area contributed by atoms with Crippen LogP contribution < -0.4 is 5.32 Å². The van der Waals surface area contributed by atoms with Gasteiger partial charge in [-0.2, -0.15) is 0 Å². The Morgan fingerprint density at radius 2 is 1.72 bits per heavy atom. The summed E-state index contributed by atoms with van der Waals surface area (Å²) in [6, 6.07) is 9.54. The molecule has 0 fully saturated rings. The van der Waals surface area contributed by atoms with Gasteiger partial charge >= 0.3 is 0 Å². The molecule has 0 aliphatic carbocycles. The molecule has 1 rings (SSSR count). The highest BCUT2D eigenvalue weighted by Crippen LogP contribution is 2.14. The summed E-state index contributed by atoms with van der Waals surface area (Å²) >= 11 is 0. The fourth-order valence-corrected chi connectivity index (χ4v) is 2.21. The molecule has 1 nitrogen and oxygen atoms in total. The van der Waals surface area contributed by atoms with E-state index in [0.717, 1.165) is 12.5 Å². The number of aryl methyl sites for hydroxylation is 1. The summed E-state index contributed by atoms with van der Waals surface area (Å²) in [5.41, 5.74) is 2.85. The average Bonchev–Trinajstić information content (AvgIpc) is 2.35. The van der Waals surface area contributed by atoms with Crippen molar-refractivity contribution in [2.45, 2.75) is 59.4 Å². The van der Waals surface area contributed by atoms with E-state index >= 15 is 0 Å². The van der Waals surface area contributed by atoms with Gasteiger partial charge in [-0.3, -0.25) is 0 Å². The first kappa shape index (κ1) is 15.2. The standard InChI is InChI=1S/C17H29N/c1-5-7-16-9-11-17(12-10-16)15(4)18-13-6-8-14(2)3/h9-12,14-15,18H,5-8,13H2,1-4H3. The van der Waals surface area contributed by atoms with Crippen molar-refractivity contribution in [2.75, 3.05) is 6.54 Å². The van der Waals surface area contributed by atoms with Gasteiger partial charge in [0.2, 0.25) is 0 Å². The van der Waals surface area contributed by atoms with E-state index in [-0.39, 0.29) is 0 Å². The molecular weight excluding hydrogens is 218 g/mol. The molecule has 0 saturated carbocycles. The second-order valence-corrected chi connectivity index (χ2v) is 5.70. The van der Waals surface area contributed by atoms with Gasteiger partial charge < -0.3 is 5.32 Å². The highest BCUT2D eigenvalue weighted by atomic mass is 14.9. The van der Waals surface area contributed by atoms with E-state index in [4.69, 9.17) is 0 Å². The first-order valence-corrected chi connectivity index (χ1v) is 7.45. The van der Waals surface area contributed by atoms with E-state index in [0.29, 0.717) is 6.04 Å². The third kappa shape index (κ3) is 5.68. The van der Waals surface area contributed by atoms with Crippen molar-refractivity contribution in [1.29, 1.82) is 0 Å². The summed E-state index contributed by atoms with van der Waals surface area (Å²) in [6.07, 6.45) is 5.00. The third-order valence-electron chi connectivity index (χ3n) is 3.43. The van der Waals surface area contributed by atoms with E-state index in [1.807, 2.05) is 0 Å². The minimum absolute atomic E-state index is 0.466. The number of rotatable bonds is 8. The zero-order chi connectivity index (χ0) is 13.4. The van der Waals surface area contributed by atoms with Gasteiger partial charge in [0.05, 0.1) is 0 Å². The molecule has 1 aromatic carbocycles. The summed E-state index contributed by atoms with van der Waals surface area (Å²) < 4.78 is 0. The molecule has 0 spiro atoms. The van der Waals surface area contributed by atoms with E-state index < -0.39 is 0 Å². The van der Waals surface area contributed by atoms with Crippen LogP contribution in [0.5, 0.6) is 0 Å². The Hall–Kier alpha value is -0.820. The molecule has 0 aliphatic heterocycles. The fraction of sp³-hybridized carbons (Fsp3) is 0.647. The van der Waals surface area contributed by atoms with Gasteiger partial charge in [0.25, 0.3) is 0 Å². The first-order valence-electron chi connectivity index (χ1n) is 7.45. The molecule has 1 heteroatoms. The Balaban J connectivity index is 2.34. The van der Waals surface area contributed by atoms with Crippen LogP contribution in [0.3, 0.4) is 0 Å². The number of benzene rings is 1. The SMILES string of the molecule is CCCc1ccc(C(C)NCCCC(C)C)cc1. The van der Waals surface area contributed by atoms with Crippen molar-refractivity contribution >= 4 is 0 Å². The molecule has 1 aromatic rings. The van der Waals surface area contributed by atoms with Crippen molar-refractivity contribution in [2.24, 2.45) is 5.92 Å². The van der Waals surface area contributed by atoms with Gasteiger partial charge in [0, 0.05) is 6.04 Å². The van der Waals surface area contributed by atoms with Crippen LogP contribution in [-0.4, -0.2) is 6.54 Å². The summed E-state index contributed by atoms with van der Waals surface area (Å²) in [5.74, 6) is 0.815. The predicted octanol–water partition coefficient (Wildman–Crippen LogP) is 4.73. The Morgan fingerprint density at radius 3 is 2.28 bits per heavy atom. The van der Waals surface area contributed by atoms with Crippen LogP contribution in [0.15, 0.2) is 24.3 Å². The number of hydrogen-bond acceptors (Lipinski definition) is 1. The normalized spacial score (nSPS) is 12.9. The van der Waals surface area contributed by atoms with Gasteiger partial charge in [-0.15, -0.1) is 0 Å². The molecule has 1 unspecified atom stereocenters. The average molecular weight is 247 g/mol. The first-order chi connectivity index (χ1) is 8.63. The lowest BCUT2D eigenvalue weighted by atomic mass is 10.0. The molecule has 0 aliphatic rings. The molecule has 1 N–H and O–H groups in total. The summed E-state index contributed by atoms with van der Waals surface area (Å²) in [5, 5.41) is 3.61. The Bertz CT molecular complexity index is 313. The Labute approximate surface area is 113 Å². The zero-order valence-corrected chi connectivity index (χ0v) is 12.5. The highest BCUT2D eigenvalue weighted by molar-refractivity contribution is 5.24. The lowest BCUT2D eigenvalue weighted by Crippen LogP contribution is -2.20. The third-order valence-corrected chi connectivity index (χ3v) is 3.43. The molecule has 0 radical (unpaired) electrons. The maximum atomic E-state index is 3.61. The molecule has 0 amide bonds. The van der Waals surface area contributed by atoms with Gasteiger partial charge in [-0.1, -0.05) is 51.5 Å². The monoisotopic (exact) mass is 247 g/mol. The smallest absolute Gasteiger partial charge is 0.0291 e. The molecule has 0 saturated heterocycles. The molecular formula is C17H29N. The minimum Gasteiger partial charge on any atom is -0.310 e. The number of nitrogens with one attached hydrogen (secondary N) is 1. The van der Waals surface area contributed by atoms with E-state index in [1.165, 1.54) is 36.8 Å². The largest absolute Gasteiger partial charge is 0.310 e. The lowest BCUT2D eigenvalue weighted by Gasteiger charge is -2.15. The lowest BCUT2D eigenvalue weighted by molar-refractivity contribution is 0.497. The topological polar surface area (TPSA) is 12.0 Å². The second kappa shape index (κ2) is 8.31. The maximum absolute atomic E-state index is 3.61. The molecule has 102 valence electrons. The molecule has 0 aromatic heterocycles. The van der Waals surface area contributed by atoms with Gasteiger partial charge in [0.1, 0.15) is 0 Å². The molecule has 18 heavy (non-hydrogen) atoms. The van der Waals surface area contributed by atoms with Crippen LogP contribution in [0.1, 0.15) is 64.1 Å². The van der Waals surface area contributed by atoms with Crippen LogP contribution >= 0.6 is 0 Å². The number of hydrogen-bond donors (Lipinski definition) is 1. The summed E-state index contributed by atoms with van der Waals surface area (Å²) in [4.78, 5) is 0. The molecule has 1 atom stereocenters. The summed E-state index contributed by atoms with van der Waals surface area (Å²) in [7, 11) is 0. The van der Waals surface area contributed by atoms with Crippen LogP contribution in [0, 0.1) is 5.92 Å². The van der Waals surface area contributed by atoms with E-state index in [2.05, 4.69) is 57.3 Å². The molecule has 0 heterocycles. The van der Waals surface area contributed by atoms with E-state index in [9.17, 15) is 0 Å². The van der Waals surface area contributed by atoms with Crippen LogP contribution in [0.25, 0.3) is 0 Å². The fourth-order valence-electron chi connectivity index (χ4n) is 2.21. The predicted molar refractivity (Wildman–Crippen MR) is 80.9 cm³/mol. The highest BCUT2D eigenvalue weighted by Gasteiger charge is 2.04. The minimum atomic E-state index is 0.466. The maximum Gasteiger partial charge on any atom is 0.0291 e. The zero-order valence-electron chi connectivity index (χ0n) is 12.5. The van der Waals surface area contributed by atoms with Crippen molar-refractivity contribution in [3.05, 3.63) is 35.4 Å². The second-order valence-electron chi connectivity index (χ2n) is 5.70. The summed E-state index contributed by atoms with van der Waals surface area (Å²) in [6.45, 7) is 10.2.